The number of alkyl halides is 3. The Hall–Kier alpha value is -0.290. The van der Waals surface area contributed by atoms with Crippen LogP contribution in [0.1, 0.15) is 40.0 Å². The number of nitrogens with one attached hydrogen (secondary N) is 1. The lowest BCUT2D eigenvalue weighted by Gasteiger charge is -2.34. The van der Waals surface area contributed by atoms with Crippen molar-refractivity contribution in [1.29, 1.82) is 0 Å². The molecule has 1 fully saturated rings. The number of halogens is 3. The second-order valence-corrected chi connectivity index (χ2v) is 5.82. The summed E-state index contributed by atoms with van der Waals surface area (Å²) in [7, 11) is 0. The van der Waals surface area contributed by atoms with Crippen molar-refractivity contribution in [1.82, 2.24) is 10.2 Å². The number of nitrogens with zero attached hydrogens (tertiary/aromatic N) is 1. The van der Waals surface area contributed by atoms with E-state index in [4.69, 9.17) is 0 Å². The molecule has 18 heavy (non-hydrogen) atoms. The van der Waals surface area contributed by atoms with Crippen LogP contribution in [0.5, 0.6) is 0 Å². The van der Waals surface area contributed by atoms with Crippen LogP contribution in [-0.2, 0) is 0 Å². The molecule has 1 aliphatic rings. The van der Waals surface area contributed by atoms with Gasteiger partial charge in [0.2, 0.25) is 0 Å². The van der Waals surface area contributed by atoms with Crippen molar-refractivity contribution in [2.45, 2.75) is 51.7 Å². The Kier molecular flexibility index (Phi) is 5.46. The third kappa shape index (κ3) is 5.14. The summed E-state index contributed by atoms with van der Waals surface area (Å²) in [5, 5.41) is 3.43. The molecule has 0 amide bonds. The number of likely N-dealkylation sites (tertiary alicyclic amines) is 1. The van der Waals surface area contributed by atoms with Gasteiger partial charge in [-0.25, -0.2) is 0 Å². The monoisotopic (exact) mass is 266 g/mol. The zero-order valence-corrected chi connectivity index (χ0v) is 11.6. The van der Waals surface area contributed by atoms with Gasteiger partial charge in [0.05, 0.1) is 5.92 Å². The van der Waals surface area contributed by atoms with Gasteiger partial charge in [0.1, 0.15) is 0 Å². The van der Waals surface area contributed by atoms with Crippen molar-refractivity contribution in [2.75, 3.05) is 26.2 Å². The van der Waals surface area contributed by atoms with E-state index < -0.39 is 12.1 Å². The molecule has 0 bridgehead atoms. The molecule has 0 unspecified atom stereocenters. The Bertz CT molecular complexity index is 243. The van der Waals surface area contributed by atoms with Crippen molar-refractivity contribution in [3.05, 3.63) is 0 Å². The molecular weight excluding hydrogens is 241 g/mol. The fourth-order valence-corrected chi connectivity index (χ4v) is 2.16. The van der Waals surface area contributed by atoms with Crippen molar-refractivity contribution < 1.29 is 13.2 Å². The van der Waals surface area contributed by atoms with Gasteiger partial charge >= 0.3 is 6.18 Å². The van der Waals surface area contributed by atoms with Crippen LogP contribution in [0.2, 0.25) is 0 Å². The second-order valence-electron chi connectivity index (χ2n) is 5.82. The zero-order chi connectivity index (χ0) is 13.8. The van der Waals surface area contributed by atoms with Gasteiger partial charge in [-0.1, -0.05) is 6.92 Å². The SMILES string of the molecule is CCC(C)(C)NCCN1CCC(C(F)(F)F)CC1. The highest BCUT2D eigenvalue weighted by molar-refractivity contribution is 4.79. The molecule has 5 heteroatoms. The van der Waals surface area contributed by atoms with E-state index in [1.54, 1.807) is 0 Å². The van der Waals surface area contributed by atoms with Gasteiger partial charge in [0.25, 0.3) is 0 Å². The Labute approximate surface area is 108 Å². The molecule has 1 heterocycles. The van der Waals surface area contributed by atoms with E-state index in [2.05, 4.69) is 31.0 Å². The first-order chi connectivity index (χ1) is 8.24. The third-order valence-electron chi connectivity index (χ3n) is 3.97. The summed E-state index contributed by atoms with van der Waals surface area (Å²) in [6.07, 6.45) is -2.46. The van der Waals surface area contributed by atoms with Crippen LogP contribution in [0.4, 0.5) is 13.2 Å². The maximum absolute atomic E-state index is 12.5. The normalized spacial score (nSPS) is 20.3. The zero-order valence-electron chi connectivity index (χ0n) is 11.6. The van der Waals surface area contributed by atoms with Crippen LogP contribution in [0.3, 0.4) is 0 Å². The Morgan fingerprint density at radius 1 is 1.17 bits per heavy atom. The highest BCUT2D eigenvalue weighted by Crippen LogP contribution is 2.33. The number of hydrogen-bond donors (Lipinski definition) is 1. The minimum absolute atomic E-state index is 0.115. The molecule has 1 saturated heterocycles. The predicted octanol–water partition coefficient (Wildman–Crippen LogP) is 3.04. The first kappa shape index (κ1) is 15.8. The van der Waals surface area contributed by atoms with E-state index in [0.717, 1.165) is 19.5 Å². The molecule has 1 N–H and O–H groups in total. The maximum Gasteiger partial charge on any atom is 0.391 e. The van der Waals surface area contributed by atoms with Crippen LogP contribution in [0.25, 0.3) is 0 Å². The van der Waals surface area contributed by atoms with Crippen molar-refractivity contribution in [3.63, 3.8) is 0 Å². The lowest BCUT2D eigenvalue weighted by Crippen LogP contribution is -2.45. The van der Waals surface area contributed by atoms with Crippen molar-refractivity contribution in [3.8, 4) is 0 Å². The largest absolute Gasteiger partial charge is 0.391 e. The van der Waals surface area contributed by atoms with Gasteiger partial charge in [-0.15, -0.1) is 0 Å². The van der Waals surface area contributed by atoms with E-state index >= 15 is 0 Å². The quantitative estimate of drug-likeness (QED) is 0.823. The summed E-state index contributed by atoms with van der Waals surface area (Å²) in [5.74, 6) is -1.09. The molecule has 0 aliphatic carbocycles. The van der Waals surface area contributed by atoms with Crippen LogP contribution in [-0.4, -0.2) is 42.8 Å². The van der Waals surface area contributed by atoms with E-state index in [1.165, 1.54) is 0 Å². The second kappa shape index (κ2) is 6.24. The van der Waals surface area contributed by atoms with Crippen LogP contribution in [0, 0.1) is 5.92 Å². The Morgan fingerprint density at radius 2 is 1.72 bits per heavy atom. The highest BCUT2D eigenvalue weighted by Gasteiger charge is 2.40. The van der Waals surface area contributed by atoms with E-state index in [-0.39, 0.29) is 18.4 Å². The van der Waals surface area contributed by atoms with Crippen LogP contribution < -0.4 is 5.32 Å². The fourth-order valence-electron chi connectivity index (χ4n) is 2.16. The van der Waals surface area contributed by atoms with Gasteiger partial charge < -0.3 is 10.2 Å². The number of hydrogen-bond acceptors (Lipinski definition) is 2. The average Bonchev–Trinajstić information content (AvgIpc) is 2.28. The summed E-state index contributed by atoms with van der Waals surface area (Å²) < 4.78 is 37.5. The van der Waals surface area contributed by atoms with Gasteiger partial charge in [0, 0.05) is 18.6 Å². The minimum Gasteiger partial charge on any atom is -0.311 e. The van der Waals surface area contributed by atoms with Gasteiger partial charge in [-0.2, -0.15) is 13.2 Å². The first-order valence-electron chi connectivity index (χ1n) is 6.79. The lowest BCUT2D eigenvalue weighted by atomic mass is 9.96. The molecule has 0 aromatic heterocycles. The number of piperidine rings is 1. The van der Waals surface area contributed by atoms with Crippen LogP contribution >= 0.6 is 0 Å². The van der Waals surface area contributed by atoms with E-state index in [9.17, 15) is 13.2 Å². The molecule has 1 rings (SSSR count). The molecule has 0 saturated carbocycles. The molecule has 2 nitrogen and oxygen atoms in total. The molecule has 0 radical (unpaired) electrons. The molecule has 0 spiro atoms. The van der Waals surface area contributed by atoms with Gasteiger partial charge in [-0.05, 0) is 46.2 Å². The van der Waals surface area contributed by atoms with Gasteiger partial charge in [0.15, 0.2) is 0 Å². The summed E-state index contributed by atoms with van der Waals surface area (Å²) in [5.41, 5.74) is 0.115. The summed E-state index contributed by atoms with van der Waals surface area (Å²) in [6.45, 7) is 9.23. The topological polar surface area (TPSA) is 15.3 Å². The summed E-state index contributed by atoms with van der Waals surface area (Å²) >= 11 is 0. The molecule has 1 aliphatic heterocycles. The first-order valence-corrected chi connectivity index (χ1v) is 6.79. The van der Waals surface area contributed by atoms with E-state index in [1.807, 2.05) is 0 Å². The fraction of sp³-hybridized carbons (Fsp3) is 1.00. The summed E-state index contributed by atoms with van der Waals surface area (Å²) in [6, 6.07) is 0. The molecule has 0 atom stereocenters. The molecular formula is C13H25F3N2. The molecule has 108 valence electrons. The standard InChI is InChI=1S/C13H25F3N2/c1-4-12(2,3)17-7-10-18-8-5-11(6-9-18)13(14,15)16/h11,17H,4-10H2,1-3H3. The predicted molar refractivity (Wildman–Crippen MR) is 67.6 cm³/mol. The van der Waals surface area contributed by atoms with E-state index in [0.29, 0.717) is 13.1 Å². The lowest BCUT2D eigenvalue weighted by molar-refractivity contribution is -0.184. The Balaban J connectivity index is 2.20. The maximum atomic E-state index is 12.5. The van der Waals surface area contributed by atoms with Crippen molar-refractivity contribution >= 4 is 0 Å². The summed E-state index contributed by atoms with van der Waals surface area (Å²) in [4.78, 5) is 2.13. The van der Waals surface area contributed by atoms with Gasteiger partial charge in [-0.3, -0.25) is 0 Å². The molecule has 0 aromatic carbocycles. The Morgan fingerprint density at radius 3 is 2.17 bits per heavy atom. The highest BCUT2D eigenvalue weighted by atomic mass is 19.4. The molecule has 0 aromatic rings. The minimum atomic E-state index is -4.01. The number of rotatable bonds is 5. The average molecular weight is 266 g/mol. The smallest absolute Gasteiger partial charge is 0.311 e. The third-order valence-corrected chi connectivity index (χ3v) is 3.97. The van der Waals surface area contributed by atoms with Crippen LogP contribution in [0.15, 0.2) is 0 Å². The van der Waals surface area contributed by atoms with Crippen molar-refractivity contribution in [2.24, 2.45) is 5.92 Å².